The van der Waals surface area contributed by atoms with Crippen LogP contribution in [0.2, 0.25) is 0 Å². The van der Waals surface area contributed by atoms with E-state index in [2.05, 4.69) is 26.8 Å². The normalized spacial score (nSPS) is 22.3. The molecule has 0 radical (unpaired) electrons. The molecule has 0 aromatic heterocycles. The Labute approximate surface area is 316 Å². The smallest absolute Gasteiger partial charge is 0.716 e. The Bertz CT molecular complexity index is 1470. The summed E-state index contributed by atoms with van der Waals surface area (Å²) < 4.78 is 115. The van der Waals surface area contributed by atoms with Crippen molar-refractivity contribution in [1.29, 1.82) is 0 Å². The summed E-state index contributed by atoms with van der Waals surface area (Å²) >= 11 is 0. The monoisotopic (exact) mass is 812 g/mol. The van der Waals surface area contributed by atoms with Crippen molar-refractivity contribution in [2.45, 2.75) is 36.6 Å². The van der Waals surface area contributed by atoms with E-state index in [1.807, 2.05) is 0 Å². The standard InChI is InChI=1S/3C6H8O9S.Mg.Na/c3*7-1-2(8)4-3(9)5(6(10)14-4)15-16(11,12)13;;/h3*2,4,7-9H,1H2,(H,11,12,13);;/q;;;+2;+1/p-3/t3*2-,4+;;/m000../s1. The summed E-state index contributed by atoms with van der Waals surface area (Å²) in [5.41, 5.74) is 0. The summed E-state index contributed by atoms with van der Waals surface area (Å²) in [6, 6.07) is 0. The third kappa shape index (κ3) is 14.7. The summed E-state index contributed by atoms with van der Waals surface area (Å²) in [7, 11) is -15.7. The zero-order valence-electron chi connectivity index (χ0n) is 24.4. The van der Waals surface area contributed by atoms with Gasteiger partial charge in [0.25, 0.3) is 48.5 Å². The molecule has 0 aromatic rings. The van der Waals surface area contributed by atoms with Crippen LogP contribution in [-0.4, -0.2) is 182 Å². The zero-order chi connectivity index (χ0) is 37.5. The quantitative estimate of drug-likeness (QED) is 0.0290. The van der Waals surface area contributed by atoms with Crippen molar-refractivity contribution >= 4 is 72.2 Å². The number of carbonyl (C=O) groups excluding carboxylic acids is 3. The van der Waals surface area contributed by atoms with Gasteiger partial charge in [-0.1, -0.05) is 0 Å². The topological polar surface area (TPSA) is 460 Å². The third-order valence-electron chi connectivity index (χ3n) is 4.93. The van der Waals surface area contributed by atoms with Gasteiger partial charge in [-0.25, -0.2) is 39.6 Å². The summed E-state index contributed by atoms with van der Waals surface area (Å²) in [6.07, 6.45) is -9.93. The number of aliphatic hydroxyl groups is 9. The number of esters is 3. The largest absolute Gasteiger partial charge is 2.00 e. The van der Waals surface area contributed by atoms with Gasteiger partial charge in [0.05, 0.1) is 19.8 Å². The van der Waals surface area contributed by atoms with Crippen LogP contribution in [-0.2, 0) is 72.3 Å². The van der Waals surface area contributed by atoms with E-state index in [0.29, 0.717) is 0 Å². The Kier molecular flexibility index (Phi) is 20.0. The number of carbonyl (C=O) groups is 3. The Hall–Kier alpha value is -2.31. The van der Waals surface area contributed by atoms with Crippen molar-refractivity contribution in [3.63, 3.8) is 0 Å². The van der Waals surface area contributed by atoms with E-state index in [0.717, 1.165) is 0 Å². The zero-order valence-corrected chi connectivity index (χ0v) is 30.3. The minimum absolute atomic E-state index is 0. The number of hydrogen-bond donors (Lipinski definition) is 9. The van der Waals surface area contributed by atoms with Crippen LogP contribution in [0.5, 0.6) is 0 Å². The second kappa shape index (κ2) is 20.1. The Balaban J connectivity index is 0. The van der Waals surface area contributed by atoms with Gasteiger partial charge in [0.1, 0.15) is 18.3 Å². The molecule has 0 bridgehead atoms. The van der Waals surface area contributed by atoms with E-state index in [9.17, 15) is 68.6 Å². The Morgan fingerprint density at radius 1 is 0.540 bits per heavy atom. The maximum Gasteiger partial charge on any atom is 2.00 e. The molecule has 32 heteroatoms. The molecule has 3 heterocycles. The molecule has 0 saturated heterocycles. The van der Waals surface area contributed by atoms with Crippen LogP contribution in [0.3, 0.4) is 0 Å². The molecule has 0 spiro atoms. The van der Waals surface area contributed by atoms with E-state index < -0.39 is 140 Å². The van der Waals surface area contributed by atoms with E-state index in [-0.39, 0.29) is 52.6 Å². The van der Waals surface area contributed by atoms with Gasteiger partial charge < -0.3 is 86.4 Å². The second-order valence-corrected chi connectivity index (χ2v) is 11.3. The molecule has 0 saturated carbocycles. The summed E-state index contributed by atoms with van der Waals surface area (Å²) in [5, 5.41) is 80.4. The molecule has 9 N–H and O–H groups in total. The maximum atomic E-state index is 10.9. The number of ether oxygens (including phenoxy) is 3. The van der Waals surface area contributed by atoms with Gasteiger partial charge in [0, 0.05) is 0 Å². The number of hydrogen-bond acceptors (Lipinski definition) is 27. The van der Waals surface area contributed by atoms with Crippen LogP contribution < -0.4 is 29.6 Å². The molecule has 0 aliphatic carbocycles. The molecule has 6 atom stereocenters. The predicted molar refractivity (Wildman–Crippen MR) is 136 cm³/mol. The van der Waals surface area contributed by atoms with Gasteiger partial charge in [-0.3, -0.25) is 0 Å². The van der Waals surface area contributed by atoms with Gasteiger partial charge in [-0.2, -0.15) is 0 Å². The average Bonchev–Trinajstić information content (AvgIpc) is 3.51. The molecule has 0 fully saturated rings. The van der Waals surface area contributed by atoms with Crippen molar-refractivity contribution in [3.05, 3.63) is 34.6 Å². The fourth-order valence-electron chi connectivity index (χ4n) is 2.98. The molecule has 50 heavy (non-hydrogen) atoms. The molecule has 276 valence electrons. The first-order valence-corrected chi connectivity index (χ1v) is 15.5. The van der Waals surface area contributed by atoms with Crippen molar-refractivity contribution in [2.75, 3.05) is 19.8 Å². The first-order chi connectivity index (χ1) is 21.8. The van der Waals surface area contributed by atoms with Crippen LogP contribution in [0, 0.1) is 0 Å². The van der Waals surface area contributed by atoms with Gasteiger partial charge in [-0.05, 0) is 0 Å². The fourth-order valence-corrected chi connectivity index (χ4v) is 4.05. The minimum Gasteiger partial charge on any atom is -0.716 e. The van der Waals surface area contributed by atoms with E-state index in [1.54, 1.807) is 0 Å². The maximum absolute atomic E-state index is 10.9. The molecule has 0 aromatic carbocycles. The van der Waals surface area contributed by atoms with Gasteiger partial charge in [0.2, 0.25) is 0 Å². The summed E-state index contributed by atoms with van der Waals surface area (Å²) in [5.74, 6) is -11.1. The van der Waals surface area contributed by atoms with Crippen LogP contribution in [0.25, 0.3) is 0 Å². The average molecular weight is 813 g/mol. The van der Waals surface area contributed by atoms with Gasteiger partial charge >= 0.3 is 70.5 Å². The molecule has 0 amide bonds. The number of cyclic esters (lactones) is 3. The van der Waals surface area contributed by atoms with E-state index in [1.165, 1.54) is 0 Å². The minimum atomic E-state index is -5.24. The first-order valence-electron chi connectivity index (χ1n) is 11.5. The van der Waals surface area contributed by atoms with E-state index >= 15 is 0 Å². The molecule has 3 rings (SSSR count). The van der Waals surface area contributed by atoms with Crippen LogP contribution in [0.4, 0.5) is 0 Å². The molecule has 3 aliphatic rings. The molecule has 0 unspecified atom stereocenters. The molecular formula is C18H21MgNaO27S3. The molecule has 27 nitrogen and oxygen atoms in total. The third-order valence-corrected chi connectivity index (χ3v) is 6.04. The number of rotatable bonds is 12. The SMILES string of the molecule is O=C1O[C@H]([C@@H](O)CO)C(O)=C1OS(=O)(=O)[O-].O=C1O[C@H]([C@@H](O)CO)C(O)=C1OS(=O)(=O)[O-].O=C1O[C@H]([C@@H](O)CO)C(O)=C1OS(=O)(=O)[O-].[Mg+2].[Na+]. The molecular weight excluding hydrogens is 792 g/mol. The van der Waals surface area contributed by atoms with Crippen molar-refractivity contribution in [2.24, 2.45) is 0 Å². The predicted octanol–water partition coefficient (Wildman–Crippen LogP) is -10.8. The molecule has 3 aliphatic heterocycles. The van der Waals surface area contributed by atoms with Crippen LogP contribution in [0.15, 0.2) is 34.6 Å². The van der Waals surface area contributed by atoms with Crippen molar-refractivity contribution in [1.82, 2.24) is 0 Å². The first kappa shape index (κ1) is 49.8. The Morgan fingerprint density at radius 3 is 0.860 bits per heavy atom. The summed E-state index contributed by atoms with van der Waals surface area (Å²) in [4.78, 5) is 32.8. The van der Waals surface area contributed by atoms with Gasteiger partial charge in [0.15, 0.2) is 35.6 Å². The summed E-state index contributed by atoms with van der Waals surface area (Å²) in [6.45, 7) is -2.54. The van der Waals surface area contributed by atoms with Crippen molar-refractivity contribution in [3.8, 4) is 0 Å². The van der Waals surface area contributed by atoms with Crippen LogP contribution in [0.1, 0.15) is 0 Å². The van der Waals surface area contributed by atoms with Gasteiger partial charge in [-0.15, -0.1) is 0 Å². The number of aliphatic hydroxyl groups excluding tert-OH is 9. The van der Waals surface area contributed by atoms with E-state index in [4.69, 9.17) is 30.6 Å². The second-order valence-electron chi connectivity index (χ2n) is 8.35. The van der Waals surface area contributed by atoms with Crippen molar-refractivity contribution < 1.29 is 156 Å². The Morgan fingerprint density at radius 2 is 0.720 bits per heavy atom. The van der Waals surface area contributed by atoms with Crippen LogP contribution >= 0.6 is 0 Å². The fraction of sp³-hybridized carbons (Fsp3) is 0.500.